The summed E-state index contributed by atoms with van der Waals surface area (Å²) in [5.74, 6) is -0.194. The molecule has 19 nitrogen and oxygen atoms in total. The van der Waals surface area contributed by atoms with Gasteiger partial charge in [-0.2, -0.15) is 4.98 Å². The molecule has 0 radical (unpaired) electrons. The second kappa shape index (κ2) is 10.7. The highest BCUT2D eigenvalue weighted by Gasteiger charge is 2.82. The largest absolute Gasteiger partial charge is 0.394 e. The summed E-state index contributed by atoms with van der Waals surface area (Å²) in [6, 6.07) is 0. The van der Waals surface area contributed by atoms with Gasteiger partial charge < -0.3 is 29.8 Å². The highest BCUT2D eigenvalue weighted by atomic mass is 32.7. The van der Waals surface area contributed by atoms with Gasteiger partial charge in [0.15, 0.2) is 46.6 Å². The van der Waals surface area contributed by atoms with E-state index >= 15 is 4.39 Å². The molecule has 1 aliphatic carbocycles. The van der Waals surface area contributed by atoms with Gasteiger partial charge in [0, 0.05) is 6.42 Å². The highest BCUT2D eigenvalue weighted by Crippen LogP contribution is 2.69. The monoisotopic (exact) mass is 693 g/mol. The van der Waals surface area contributed by atoms with Crippen LogP contribution in [-0.2, 0) is 32.2 Å². The summed E-state index contributed by atoms with van der Waals surface area (Å²) in [4.78, 5) is 45.1. The molecule has 2 saturated heterocycles. The number of aliphatic hydroxyl groups excluding tert-OH is 1. The molecule has 10 atom stereocenters. The Bertz CT molecular complexity index is 1970. The van der Waals surface area contributed by atoms with Crippen molar-refractivity contribution in [2.24, 2.45) is 0 Å². The third-order valence-corrected chi connectivity index (χ3v) is 9.91. The van der Waals surface area contributed by atoms with Gasteiger partial charge in [-0.25, -0.2) is 23.9 Å². The number of halogens is 1. The highest BCUT2D eigenvalue weighted by molar-refractivity contribution is 8.44. The molecule has 3 fully saturated rings. The predicted octanol–water partition coefficient (Wildman–Crippen LogP) is 0.247. The average Bonchev–Trinajstić information content (AvgIpc) is 3.50. The standard InChI is InChI=1S/C20H22FN9O10P2S2/c21-10-18(29-4-25-8-13(29)23-3-24-15(8)32)37-11-12(20(10,11)40-41(34)43)39-42(35,44)38-7-1-6(2-31)36-17(7)30-5-26-9-14(30)27-19(22)28-16(9)33/h3-7,10-12,17-18,31,41H,1-2H2,(H,34,43)(H,35,44)(H,23,24,32)(H3,22,27,28,33)/t6-,7+,10+,11+,12?,17+,18+,20-,42?/m0/s1. The van der Waals surface area contributed by atoms with Crippen molar-refractivity contribution in [3.8, 4) is 0 Å². The molecule has 0 spiro atoms. The number of nitrogens with two attached hydrogens (primary N) is 1. The van der Waals surface area contributed by atoms with Crippen LogP contribution in [0.1, 0.15) is 18.9 Å². The van der Waals surface area contributed by atoms with Crippen molar-refractivity contribution in [3.05, 3.63) is 39.7 Å². The Kier molecular flexibility index (Phi) is 7.31. The number of fused-ring (bicyclic) bond motifs is 3. The summed E-state index contributed by atoms with van der Waals surface area (Å²) in [6.07, 6.45) is -5.67. The van der Waals surface area contributed by atoms with Crippen molar-refractivity contribution < 1.29 is 41.7 Å². The number of ether oxygens (including phenoxy) is 2. The summed E-state index contributed by atoms with van der Waals surface area (Å²) >= 11 is 7.87. The van der Waals surface area contributed by atoms with E-state index in [9.17, 15) is 23.8 Å². The van der Waals surface area contributed by atoms with E-state index in [2.05, 4.69) is 54.4 Å². The molecule has 4 aromatic heterocycles. The van der Waals surface area contributed by atoms with Crippen molar-refractivity contribution in [3.63, 3.8) is 0 Å². The maximum absolute atomic E-state index is 16.1. The van der Waals surface area contributed by atoms with Gasteiger partial charge >= 0.3 is 6.80 Å². The molecular formula is C20H22FN9O10P2S2. The molecule has 7 rings (SSSR count). The quantitative estimate of drug-likeness (QED) is 0.101. The fourth-order valence-corrected chi connectivity index (χ4v) is 8.55. The number of hydrogen-bond acceptors (Lipinski definition) is 15. The Balaban J connectivity index is 1.13. The Labute approximate surface area is 254 Å². The van der Waals surface area contributed by atoms with Gasteiger partial charge in [0.05, 0.1) is 31.7 Å². The fourth-order valence-electron chi connectivity index (χ4n) is 5.62. The first-order valence-corrected chi connectivity index (χ1v) is 18.0. The van der Waals surface area contributed by atoms with Crippen LogP contribution in [0, 0.1) is 0 Å². The second-order valence-electron chi connectivity index (χ2n) is 10.1. The first kappa shape index (κ1) is 30.0. The van der Waals surface area contributed by atoms with Crippen molar-refractivity contribution >= 4 is 66.8 Å². The van der Waals surface area contributed by atoms with Crippen LogP contribution in [0.5, 0.6) is 0 Å². The van der Waals surface area contributed by atoms with E-state index in [0.717, 1.165) is 12.7 Å². The van der Waals surface area contributed by atoms with Gasteiger partial charge in [0.2, 0.25) is 13.2 Å². The van der Waals surface area contributed by atoms with Gasteiger partial charge in [-0.15, -0.1) is 0 Å². The van der Waals surface area contributed by atoms with Crippen LogP contribution in [0.3, 0.4) is 0 Å². The summed E-state index contributed by atoms with van der Waals surface area (Å²) in [7, 11) is -3.10. The molecular weight excluding hydrogens is 671 g/mol. The molecule has 6 heterocycles. The minimum atomic E-state index is -4.42. The smallest absolute Gasteiger partial charge is 0.387 e. The summed E-state index contributed by atoms with van der Waals surface area (Å²) in [5, 5.41) is 9.74. The van der Waals surface area contributed by atoms with Crippen LogP contribution in [0.4, 0.5) is 10.3 Å². The molecule has 24 heteroatoms. The summed E-state index contributed by atoms with van der Waals surface area (Å²) in [6.45, 7) is -4.85. The van der Waals surface area contributed by atoms with Crippen molar-refractivity contribution in [1.29, 1.82) is 0 Å². The first-order valence-electron chi connectivity index (χ1n) is 12.7. The number of nitrogens with zero attached hydrogens (tertiary/aromatic N) is 6. The number of imidazole rings is 2. The second-order valence-corrected chi connectivity index (χ2v) is 14.8. The number of rotatable bonds is 9. The number of aromatic nitrogens is 8. The number of alkyl halides is 1. The van der Waals surface area contributed by atoms with Crippen LogP contribution in [0.15, 0.2) is 28.6 Å². The fraction of sp³-hybridized carbons (Fsp3) is 0.500. The van der Waals surface area contributed by atoms with E-state index in [-0.39, 0.29) is 34.7 Å². The zero-order valence-electron chi connectivity index (χ0n) is 21.8. The molecule has 5 N–H and O–H groups in total. The van der Waals surface area contributed by atoms with Gasteiger partial charge in [0.1, 0.15) is 18.3 Å². The normalized spacial score (nSPS) is 33.5. The van der Waals surface area contributed by atoms with Crippen LogP contribution >= 0.6 is 38.5 Å². The summed E-state index contributed by atoms with van der Waals surface area (Å²) < 4.78 is 72.7. The number of hydrogen-bond donors (Lipinski definition) is 6. The molecule has 1 saturated carbocycles. The van der Waals surface area contributed by atoms with Gasteiger partial charge in [-0.3, -0.25) is 37.3 Å². The van der Waals surface area contributed by atoms with E-state index < -0.39 is 80.4 Å². The van der Waals surface area contributed by atoms with Crippen molar-refractivity contribution in [1.82, 2.24) is 39.0 Å². The Morgan fingerprint density at radius 1 is 1.16 bits per heavy atom. The Morgan fingerprint density at radius 3 is 2.57 bits per heavy atom. The van der Waals surface area contributed by atoms with Crippen LogP contribution in [0.25, 0.3) is 22.3 Å². The summed E-state index contributed by atoms with van der Waals surface area (Å²) in [5.41, 5.74) is 2.42. The van der Waals surface area contributed by atoms with E-state index in [4.69, 9.17) is 28.8 Å². The minimum Gasteiger partial charge on any atom is -0.394 e. The molecule has 0 aromatic carbocycles. The molecule has 0 amide bonds. The third kappa shape index (κ3) is 4.75. The number of thiol groups is 2. The molecule has 3 unspecified atom stereocenters. The lowest BCUT2D eigenvalue weighted by Gasteiger charge is -2.26. The molecule has 4 aromatic rings. The van der Waals surface area contributed by atoms with Gasteiger partial charge in [0.25, 0.3) is 11.1 Å². The molecule has 2 aliphatic heterocycles. The van der Waals surface area contributed by atoms with Crippen LogP contribution < -0.4 is 16.9 Å². The lowest BCUT2D eigenvalue weighted by atomic mass is 10.2. The maximum Gasteiger partial charge on any atom is 0.387 e. The van der Waals surface area contributed by atoms with Gasteiger partial charge in [-0.05, 0) is 0 Å². The zero-order valence-corrected chi connectivity index (χ0v) is 25.5. The van der Waals surface area contributed by atoms with Crippen LogP contribution in [-0.4, -0.2) is 86.9 Å². The average molecular weight is 694 g/mol. The predicted molar refractivity (Wildman–Crippen MR) is 153 cm³/mol. The van der Waals surface area contributed by atoms with E-state index in [1.165, 1.54) is 15.5 Å². The van der Waals surface area contributed by atoms with E-state index in [0.29, 0.717) is 0 Å². The number of aliphatic hydroxyl groups is 1. The van der Waals surface area contributed by atoms with Crippen molar-refractivity contribution in [2.45, 2.75) is 55.1 Å². The van der Waals surface area contributed by atoms with E-state index in [1.54, 1.807) is 0 Å². The molecule has 236 valence electrons. The van der Waals surface area contributed by atoms with E-state index in [1.807, 2.05) is 0 Å². The SMILES string of the molecule is Nc1nc2c(ncn2[C@@H]2O[C@H](CO)C[C@H]2OP(=O)(S)OC2[C@H]3O[C@@H](n4cnc5c(=O)[nH]cnc54)[C@@H](F)[C@@]23O[PH](=O)S)c(=O)[nH]1. The lowest BCUT2D eigenvalue weighted by molar-refractivity contribution is -0.0585. The Hall–Kier alpha value is -2.65. The minimum absolute atomic E-state index is 0.00233. The number of aromatic amines is 2. The Morgan fingerprint density at radius 2 is 1.86 bits per heavy atom. The lowest BCUT2D eigenvalue weighted by Crippen LogP contribution is -2.35. The molecule has 44 heavy (non-hydrogen) atoms. The van der Waals surface area contributed by atoms with Gasteiger partial charge in [-0.1, -0.05) is 24.5 Å². The first-order chi connectivity index (χ1) is 20.9. The zero-order chi connectivity index (χ0) is 31.1. The third-order valence-electron chi connectivity index (χ3n) is 7.51. The number of nitrogen functional groups attached to an aromatic ring is 1. The number of nitrogens with one attached hydrogen (secondary N) is 2. The molecule has 3 aliphatic rings. The van der Waals surface area contributed by atoms with Crippen LogP contribution in [0.2, 0.25) is 0 Å². The topological polar surface area (TPSA) is 254 Å². The maximum atomic E-state index is 16.1. The molecule has 0 bridgehead atoms. The number of H-pyrrole nitrogens is 2. The number of anilines is 1. The van der Waals surface area contributed by atoms with Crippen molar-refractivity contribution in [2.75, 3.05) is 12.3 Å².